The van der Waals surface area contributed by atoms with Gasteiger partial charge in [-0.1, -0.05) is 65.8 Å². The number of aromatic nitrogens is 1. The summed E-state index contributed by atoms with van der Waals surface area (Å²) < 4.78 is 0. The lowest BCUT2D eigenvalue weighted by Crippen LogP contribution is -2.23. The second-order valence-electron chi connectivity index (χ2n) is 6.27. The third-order valence-corrected chi connectivity index (χ3v) is 5.81. The van der Waals surface area contributed by atoms with Crippen molar-refractivity contribution in [1.29, 1.82) is 0 Å². The van der Waals surface area contributed by atoms with Gasteiger partial charge in [0.2, 0.25) is 0 Å². The third-order valence-electron chi connectivity index (χ3n) is 4.32. The van der Waals surface area contributed by atoms with Crippen molar-refractivity contribution >= 4 is 40.0 Å². The Morgan fingerprint density at radius 1 is 1.00 bits per heavy atom. The van der Waals surface area contributed by atoms with Gasteiger partial charge in [0, 0.05) is 34.3 Å². The molecule has 138 valence electrons. The van der Waals surface area contributed by atoms with E-state index in [1.807, 2.05) is 66.7 Å². The highest BCUT2D eigenvalue weighted by atomic mass is 35.5. The fourth-order valence-corrected chi connectivity index (χ4v) is 4.14. The fraction of sp³-hybridized carbons (Fsp3) is 0.0435. The molecule has 1 aromatic heterocycles. The molecule has 28 heavy (non-hydrogen) atoms. The molecule has 5 heteroatoms. The molecule has 3 aromatic carbocycles. The lowest BCUT2D eigenvalue weighted by molar-refractivity contribution is 0.0952. The lowest BCUT2D eigenvalue weighted by Gasteiger charge is -2.11. The molecule has 0 saturated heterocycles. The van der Waals surface area contributed by atoms with Crippen molar-refractivity contribution in [3.63, 3.8) is 0 Å². The minimum Gasteiger partial charge on any atom is -0.348 e. The van der Waals surface area contributed by atoms with Crippen molar-refractivity contribution in [3.05, 3.63) is 101 Å². The van der Waals surface area contributed by atoms with Crippen molar-refractivity contribution in [3.8, 4) is 0 Å². The molecule has 0 atom stereocenters. The molecule has 0 saturated carbocycles. The van der Waals surface area contributed by atoms with Gasteiger partial charge in [-0.25, -0.2) is 0 Å². The van der Waals surface area contributed by atoms with Crippen LogP contribution in [0, 0.1) is 0 Å². The van der Waals surface area contributed by atoms with Crippen LogP contribution in [0.4, 0.5) is 0 Å². The van der Waals surface area contributed by atoms with E-state index < -0.39 is 0 Å². The molecule has 0 aliphatic carbocycles. The van der Waals surface area contributed by atoms with E-state index in [-0.39, 0.29) is 5.91 Å². The molecular weight excluding hydrogens is 388 g/mol. The third kappa shape index (κ3) is 4.19. The number of rotatable bonds is 5. The number of hydrogen-bond acceptors (Lipinski definition) is 3. The maximum Gasteiger partial charge on any atom is 0.252 e. The average molecular weight is 405 g/mol. The summed E-state index contributed by atoms with van der Waals surface area (Å²) in [4.78, 5) is 19.0. The number of carbonyl (C=O) groups is 1. The number of halogens is 1. The molecule has 4 rings (SSSR count). The normalized spacial score (nSPS) is 10.8. The van der Waals surface area contributed by atoms with Crippen LogP contribution in [0.3, 0.4) is 0 Å². The number of carbonyl (C=O) groups excluding carboxylic acids is 1. The van der Waals surface area contributed by atoms with E-state index in [4.69, 9.17) is 11.6 Å². The van der Waals surface area contributed by atoms with Gasteiger partial charge >= 0.3 is 0 Å². The predicted molar refractivity (Wildman–Crippen MR) is 115 cm³/mol. The maximum absolute atomic E-state index is 12.9. The Morgan fingerprint density at radius 3 is 2.64 bits per heavy atom. The van der Waals surface area contributed by atoms with Crippen LogP contribution in [0.25, 0.3) is 10.8 Å². The van der Waals surface area contributed by atoms with Gasteiger partial charge in [-0.2, -0.15) is 0 Å². The Morgan fingerprint density at radius 2 is 1.82 bits per heavy atom. The fourth-order valence-electron chi connectivity index (χ4n) is 2.96. The molecule has 4 aromatic rings. The molecule has 1 amide bonds. The highest BCUT2D eigenvalue weighted by Crippen LogP contribution is 2.35. The minimum atomic E-state index is -0.110. The highest BCUT2D eigenvalue weighted by Gasteiger charge is 2.13. The first-order chi connectivity index (χ1) is 13.7. The van der Waals surface area contributed by atoms with Crippen molar-refractivity contribution in [2.24, 2.45) is 0 Å². The monoisotopic (exact) mass is 404 g/mol. The first-order valence-electron chi connectivity index (χ1n) is 8.83. The van der Waals surface area contributed by atoms with Gasteiger partial charge in [0.05, 0.1) is 5.02 Å². The van der Waals surface area contributed by atoms with Crippen LogP contribution in [0.1, 0.15) is 15.9 Å². The quantitative estimate of drug-likeness (QED) is 0.445. The predicted octanol–water partition coefficient (Wildman–Crippen LogP) is 5.97. The van der Waals surface area contributed by atoms with E-state index in [1.54, 1.807) is 24.2 Å². The molecule has 3 nitrogen and oxygen atoms in total. The number of amides is 1. The summed E-state index contributed by atoms with van der Waals surface area (Å²) in [5.74, 6) is -0.110. The van der Waals surface area contributed by atoms with Crippen molar-refractivity contribution in [2.45, 2.75) is 16.3 Å². The zero-order valence-electron chi connectivity index (χ0n) is 14.9. The first kappa shape index (κ1) is 18.5. The number of nitrogens with zero attached hydrogens (tertiary/aromatic N) is 1. The molecule has 0 radical (unpaired) electrons. The Hall–Kier alpha value is -2.82. The first-order valence-corrected chi connectivity index (χ1v) is 10.0. The standard InChI is InChI=1S/C23H17ClN2OS/c24-21-9-3-4-10-22(21)28-18-12-17-7-1-2-8-19(17)20(13-18)23(27)26-15-16-6-5-11-25-14-16/h1-14H,15H2,(H,26,27). The summed E-state index contributed by atoms with van der Waals surface area (Å²) >= 11 is 7.86. The Labute approximate surface area is 172 Å². The summed E-state index contributed by atoms with van der Waals surface area (Å²) in [6.45, 7) is 0.433. The zero-order chi connectivity index (χ0) is 19.3. The topological polar surface area (TPSA) is 42.0 Å². The highest BCUT2D eigenvalue weighted by molar-refractivity contribution is 7.99. The largest absolute Gasteiger partial charge is 0.348 e. The second-order valence-corrected chi connectivity index (χ2v) is 7.79. The molecule has 0 unspecified atom stereocenters. The molecule has 0 spiro atoms. The summed E-state index contributed by atoms with van der Waals surface area (Å²) in [5, 5.41) is 5.64. The number of hydrogen-bond donors (Lipinski definition) is 1. The van der Waals surface area contributed by atoms with Crippen molar-refractivity contribution in [1.82, 2.24) is 10.3 Å². The van der Waals surface area contributed by atoms with Crippen molar-refractivity contribution < 1.29 is 4.79 Å². The van der Waals surface area contributed by atoms with Gasteiger partial charge in [0.15, 0.2) is 0 Å². The Bertz CT molecular complexity index is 1130. The van der Waals surface area contributed by atoms with Crippen LogP contribution in [0.5, 0.6) is 0 Å². The van der Waals surface area contributed by atoms with E-state index in [2.05, 4.69) is 16.4 Å². The lowest BCUT2D eigenvalue weighted by atomic mass is 10.0. The summed E-state index contributed by atoms with van der Waals surface area (Å²) in [7, 11) is 0. The summed E-state index contributed by atoms with van der Waals surface area (Å²) in [6, 6.07) is 23.4. The smallest absolute Gasteiger partial charge is 0.252 e. The van der Waals surface area contributed by atoms with Crippen LogP contribution in [0.2, 0.25) is 5.02 Å². The Kier molecular flexibility index (Phi) is 5.60. The van der Waals surface area contributed by atoms with Crippen LogP contribution < -0.4 is 5.32 Å². The minimum absolute atomic E-state index is 0.110. The average Bonchev–Trinajstić information content (AvgIpc) is 2.74. The molecule has 1 N–H and O–H groups in total. The van der Waals surface area contributed by atoms with E-state index in [9.17, 15) is 4.79 Å². The van der Waals surface area contributed by atoms with E-state index in [0.29, 0.717) is 17.1 Å². The van der Waals surface area contributed by atoms with Gasteiger partial charge in [0.1, 0.15) is 0 Å². The molecule has 0 aliphatic heterocycles. The summed E-state index contributed by atoms with van der Waals surface area (Å²) in [5.41, 5.74) is 1.61. The van der Waals surface area contributed by atoms with Gasteiger partial charge in [-0.15, -0.1) is 0 Å². The molecular formula is C23H17ClN2OS. The second kappa shape index (κ2) is 8.46. The number of pyridine rings is 1. The number of fused-ring (bicyclic) bond motifs is 1. The summed E-state index contributed by atoms with van der Waals surface area (Å²) in [6.07, 6.45) is 3.47. The molecule has 0 aliphatic rings. The molecule has 0 bridgehead atoms. The van der Waals surface area contributed by atoms with E-state index >= 15 is 0 Å². The number of benzene rings is 3. The Balaban J connectivity index is 1.66. The van der Waals surface area contributed by atoms with Gasteiger partial charge < -0.3 is 5.32 Å². The molecule has 0 fully saturated rings. The van der Waals surface area contributed by atoms with Gasteiger partial charge in [-0.05, 0) is 46.7 Å². The van der Waals surface area contributed by atoms with Crippen LogP contribution in [-0.4, -0.2) is 10.9 Å². The maximum atomic E-state index is 12.9. The van der Waals surface area contributed by atoms with E-state index in [0.717, 1.165) is 26.1 Å². The van der Waals surface area contributed by atoms with E-state index in [1.165, 1.54) is 0 Å². The van der Waals surface area contributed by atoms with Crippen LogP contribution in [0.15, 0.2) is 95.0 Å². The van der Waals surface area contributed by atoms with Gasteiger partial charge in [0.25, 0.3) is 5.91 Å². The SMILES string of the molecule is O=C(NCc1cccnc1)c1cc(Sc2ccccc2Cl)cc2ccccc12. The molecule has 1 heterocycles. The van der Waals surface area contributed by atoms with Gasteiger partial charge in [-0.3, -0.25) is 9.78 Å². The van der Waals surface area contributed by atoms with Crippen LogP contribution in [-0.2, 0) is 6.54 Å². The zero-order valence-corrected chi connectivity index (χ0v) is 16.5. The van der Waals surface area contributed by atoms with Crippen LogP contribution >= 0.6 is 23.4 Å². The van der Waals surface area contributed by atoms with Crippen molar-refractivity contribution in [2.75, 3.05) is 0 Å². The number of nitrogens with one attached hydrogen (secondary N) is 1.